The van der Waals surface area contributed by atoms with Gasteiger partial charge in [0.25, 0.3) is 0 Å². The van der Waals surface area contributed by atoms with Gasteiger partial charge in [-0.05, 0) is 69.5 Å². The highest BCUT2D eigenvalue weighted by molar-refractivity contribution is 5.74. The van der Waals surface area contributed by atoms with Crippen LogP contribution in [0.3, 0.4) is 0 Å². The Bertz CT molecular complexity index is 863. The van der Waals surface area contributed by atoms with Crippen LogP contribution in [-0.4, -0.2) is 52.4 Å². The van der Waals surface area contributed by atoms with Crippen molar-refractivity contribution in [1.29, 1.82) is 0 Å². The number of amides is 2. The van der Waals surface area contributed by atoms with E-state index in [4.69, 9.17) is 0 Å². The summed E-state index contributed by atoms with van der Waals surface area (Å²) in [5.74, 6) is 0.802. The van der Waals surface area contributed by atoms with Gasteiger partial charge in [0.1, 0.15) is 5.82 Å². The van der Waals surface area contributed by atoms with Crippen LogP contribution in [0, 0.1) is 11.7 Å². The van der Waals surface area contributed by atoms with Gasteiger partial charge in [-0.1, -0.05) is 0 Å². The number of rotatable bonds is 5. The lowest BCUT2D eigenvalue weighted by molar-refractivity contribution is 0.0294. The number of carbonyl (C=O) groups is 1. The number of aromatic nitrogens is 2. The zero-order valence-corrected chi connectivity index (χ0v) is 17.4. The van der Waals surface area contributed by atoms with Crippen LogP contribution in [0.5, 0.6) is 0 Å². The van der Waals surface area contributed by atoms with Crippen LogP contribution in [0.25, 0.3) is 11.3 Å². The first-order valence-electron chi connectivity index (χ1n) is 10.5. The summed E-state index contributed by atoms with van der Waals surface area (Å²) in [6.07, 6.45) is 2.26. The van der Waals surface area contributed by atoms with E-state index in [1.165, 1.54) is 24.2 Å². The molecule has 2 N–H and O–H groups in total. The van der Waals surface area contributed by atoms with Crippen molar-refractivity contribution < 1.29 is 9.18 Å². The molecule has 2 amide bonds. The van der Waals surface area contributed by atoms with Crippen LogP contribution >= 0.6 is 0 Å². The van der Waals surface area contributed by atoms with Crippen LogP contribution in [-0.2, 0) is 7.05 Å². The molecule has 2 aromatic rings. The summed E-state index contributed by atoms with van der Waals surface area (Å²) in [6.45, 7) is 6.69. The second-order valence-electron chi connectivity index (χ2n) is 8.63. The molecule has 3 aliphatic heterocycles. The zero-order valence-electron chi connectivity index (χ0n) is 17.4. The van der Waals surface area contributed by atoms with Gasteiger partial charge in [0.15, 0.2) is 0 Å². The fourth-order valence-electron chi connectivity index (χ4n) is 4.80. The molecular formula is C22H30FN5O. The van der Waals surface area contributed by atoms with Gasteiger partial charge in [0, 0.05) is 49.4 Å². The Morgan fingerprint density at radius 3 is 2.72 bits per heavy atom. The highest BCUT2D eigenvalue weighted by Crippen LogP contribution is 2.42. The van der Waals surface area contributed by atoms with E-state index in [2.05, 4.69) is 26.7 Å². The lowest BCUT2D eigenvalue weighted by Crippen LogP contribution is -2.57. The van der Waals surface area contributed by atoms with Gasteiger partial charge in [-0.15, -0.1) is 0 Å². The molecule has 5 rings (SSSR count). The number of nitrogens with one attached hydrogen (secondary N) is 2. The Kier molecular flexibility index (Phi) is 5.58. The number of urea groups is 1. The Morgan fingerprint density at radius 1 is 1.31 bits per heavy atom. The fraction of sp³-hybridized carbons (Fsp3) is 0.545. The van der Waals surface area contributed by atoms with Crippen molar-refractivity contribution in [3.63, 3.8) is 0 Å². The molecule has 2 bridgehead atoms. The molecule has 0 spiro atoms. The van der Waals surface area contributed by atoms with E-state index < -0.39 is 0 Å². The Hall–Kier alpha value is -2.41. The molecule has 3 fully saturated rings. The number of fused-ring (bicyclic) bond motifs is 3. The number of piperidine rings is 3. The maximum Gasteiger partial charge on any atom is 0.315 e. The number of halogens is 1. The topological polar surface area (TPSA) is 62.2 Å². The lowest BCUT2D eigenvalue weighted by Gasteiger charge is -2.49. The summed E-state index contributed by atoms with van der Waals surface area (Å²) in [4.78, 5) is 14.4. The van der Waals surface area contributed by atoms with Gasteiger partial charge in [-0.2, -0.15) is 5.10 Å². The third-order valence-electron chi connectivity index (χ3n) is 6.23. The highest BCUT2D eigenvalue weighted by atomic mass is 19.1. The second-order valence-corrected chi connectivity index (χ2v) is 8.63. The number of nitrogens with zero attached hydrogens (tertiary/aromatic N) is 3. The third-order valence-corrected chi connectivity index (χ3v) is 6.23. The zero-order chi connectivity index (χ0) is 20.5. The average molecular weight is 400 g/mol. The summed E-state index contributed by atoms with van der Waals surface area (Å²) in [6, 6.07) is 9.12. The molecule has 1 aromatic carbocycles. The highest BCUT2D eigenvalue weighted by Gasteiger charge is 2.41. The molecule has 3 saturated heterocycles. The minimum absolute atomic E-state index is 0.0882. The largest absolute Gasteiger partial charge is 0.337 e. The Balaban J connectivity index is 1.43. The quantitative estimate of drug-likeness (QED) is 0.812. The van der Waals surface area contributed by atoms with Crippen molar-refractivity contribution in [3.8, 4) is 11.3 Å². The minimum atomic E-state index is -0.232. The summed E-state index contributed by atoms with van der Waals surface area (Å²) >= 11 is 0. The summed E-state index contributed by atoms with van der Waals surface area (Å²) in [5.41, 5.74) is 3.07. The van der Waals surface area contributed by atoms with E-state index >= 15 is 0 Å². The maximum absolute atomic E-state index is 13.2. The van der Waals surface area contributed by atoms with Crippen molar-refractivity contribution in [2.24, 2.45) is 13.0 Å². The second kappa shape index (κ2) is 8.14. The van der Waals surface area contributed by atoms with Crippen LogP contribution in [0.2, 0.25) is 0 Å². The molecule has 6 nitrogen and oxygen atoms in total. The average Bonchev–Trinajstić information content (AvgIpc) is 3.08. The molecule has 3 aliphatic rings. The van der Waals surface area contributed by atoms with E-state index in [1.807, 2.05) is 25.6 Å². The molecule has 1 aromatic heterocycles. The normalized spacial score (nSPS) is 26.0. The van der Waals surface area contributed by atoms with Crippen molar-refractivity contribution in [2.75, 3.05) is 19.6 Å². The molecular weight excluding hydrogens is 369 g/mol. The molecule has 7 heteroatoms. The predicted octanol–water partition coefficient (Wildman–Crippen LogP) is 3.11. The van der Waals surface area contributed by atoms with Crippen molar-refractivity contribution in [2.45, 2.75) is 44.7 Å². The molecule has 156 valence electrons. The SMILES string of the molecule is CC(C)NC(=O)NCC1CC2CCN1CC2c1cc(-c2ccc(F)cc2)nn1C. The standard InChI is InChI=1S/C22H30FN5O/c1-14(2)25-22(29)24-12-18-10-16-8-9-28(18)13-19(16)21-11-20(26-27(21)3)15-4-6-17(23)7-5-15/h4-7,11,14,16,18-19H,8-10,12-13H2,1-3H3,(H2,24,25,29). The van der Waals surface area contributed by atoms with E-state index in [-0.39, 0.29) is 17.9 Å². The van der Waals surface area contributed by atoms with Crippen LogP contribution in [0.4, 0.5) is 9.18 Å². The first kappa shape index (κ1) is 19.9. The van der Waals surface area contributed by atoms with Crippen molar-refractivity contribution in [1.82, 2.24) is 25.3 Å². The van der Waals surface area contributed by atoms with Crippen molar-refractivity contribution >= 4 is 6.03 Å². The Morgan fingerprint density at radius 2 is 2.07 bits per heavy atom. The molecule has 0 saturated carbocycles. The van der Waals surface area contributed by atoms with E-state index in [0.717, 1.165) is 30.8 Å². The van der Waals surface area contributed by atoms with Crippen LogP contribution < -0.4 is 10.6 Å². The van der Waals surface area contributed by atoms with Gasteiger partial charge < -0.3 is 10.6 Å². The van der Waals surface area contributed by atoms with E-state index in [1.54, 1.807) is 12.1 Å². The number of hydrogen-bond acceptors (Lipinski definition) is 3. The van der Waals surface area contributed by atoms with Crippen LogP contribution in [0.1, 0.15) is 38.3 Å². The maximum atomic E-state index is 13.2. The lowest BCUT2D eigenvalue weighted by atomic mass is 9.74. The monoisotopic (exact) mass is 399 g/mol. The predicted molar refractivity (Wildman–Crippen MR) is 111 cm³/mol. The van der Waals surface area contributed by atoms with Gasteiger partial charge >= 0.3 is 6.03 Å². The first-order chi connectivity index (χ1) is 13.9. The minimum Gasteiger partial charge on any atom is -0.337 e. The smallest absolute Gasteiger partial charge is 0.315 e. The summed E-state index contributed by atoms with van der Waals surface area (Å²) in [5, 5.41) is 10.6. The molecule has 4 unspecified atom stereocenters. The van der Waals surface area contributed by atoms with Gasteiger partial charge in [-0.3, -0.25) is 9.58 Å². The number of aryl methyl sites for hydroxylation is 1. The van der Waals surface area contributed by atoms with Crippen LogP contribution in [0.15, 0.2) is 30.3 Å². The summed E-state index contributed by atoms with van der Waals surface area (Å²) in [7, 11) is 2.00. The third kappa shape index (κ3) is 4.29. The number of hydrogen-bond donors (Lipinski definition) is 2. The molecule has 4 heterocycles. The molecule has 0 aliphatic carbocycles. The van der Waals surface area contributed by atoms with Gasteiger partial charge in [0.2, 0.25) is 0 Å². The molecule has 0 radical (unpaired) electrons. The molecule has 4 atom stereocenters. The number of carbonyl (C=O) groups excluding carboxylic acids is 1. The fourth-order valence-corrected chi connectivity index (χ4v) is 4.80. The van der Waals surface area contributed by atoms with Gasteiger partial charge in [0.05, 0.1) is 5.69 Å². The van der Waals surface area contributed by atoms with Crippen molar-refractivity contribution in [3.05, 3.63) is 41.8 Å². The van der Waals surface area contributed by atoms with E-state index in [9.17, 15) is 9.18 Å². The number of benzene rings is 1. The summed E-state index contributed by atoms with van der Waals surface area (Å²) < 4.78 is 15.2. The van der Waals surface area contributed by atoms with E-state index in [0.29, 0.717) is 24.4 Å². The van der Waals surface area contributed by atoms with Gasteiger partial charge in [-0.25, -0.2) is 9.18 Å². The Labute approximate surface area is 171 Å². The molecule has 29 heavy (non-hydrogen) atoms. The first-order valence-corrected chi connectivity index (χ1v) is 10.5.